The molecular formula is C15H16N4O3. The van der Waals surface area contributed by atoms with Crippen molar-refractivity contribution in [3.05, 3.63) is 47.3 Å². The highest BCUT2D eigenvalue weighted by atomic mass is 16.5. The third-order valence-electron chi connectivity index (χ3n) is 4.34. The maximum Gasteiger partial charge on any atom is 0.407 e. The maximum atomic E-state index is 11.1. The summed E-state index contributed by atoms with van der Waals surface area (Å²) in [4.78, 5) is 12.5. The molecule has 7 nitrogen and oxygen atoms in total. The third kappa shape index (κ3) is 2.14. The average Bonchev–Trinajstić information content (AvgIpc) is 3.12. The van der Waals surface area contributed by atoms with E-state index in [4.69, 9.17) is 9.84 Å². The van der Waals surface area contributed by atoms with Crippen LogP contribution in [0.25, 0.3) is 0 Å². The van der Waals surface area contributed by atoms with Crippen LogP contribution in [0.4, 0.5) is 4.79 Å². The highest BCUT2D eigenvalue weighted by Gasteiger charge is 2.42. The summed E-state index contributed by atoms with van der Waals surface area (Å²) in [5, 5.41) is 17.7. The van der Waals surface area contributed by atoms with Crippen molar-refractivity contribution in [2.24, 2.45) is 0 Å². The molecule has 0 bridgehead atoms. The van der Waals surface area contributed by atoms with Gasteiger partial charge in [0.05, 0.1) is 36.7 Å². The molecule has 2 aliphatic rings. The summed E-state index contributed by atoms with van der Waals surface area (Å²) < 4.78 is 7.70. The molecule has 2 aromatic rings. The van der Waals surface area contributed by atoms with Crippen LogP contribution in [0.3, 0.4) is 0 Å². The summed E-state index contributed by atoms with van der Waals surface area (Å²) in [7, 11) is 0. The molecule has 0 radical (unpaired) electrons. The van der Waals surface area contributed by atoms with Crippen molar-refractivity contribution in [1.29, 1.82) is 0 Å². The number of carbonyl (C=O) groups is 1. The Balaban J connectivity index is 1.60. The van der Waals surface area contributed by atoms with Gasteiger partial charge in [-0.05, 0) is 5.56 Å². The smallest absolute Gasteiger partial charge is 0.407 e. The van der Waals surface area contributed by atoms with Crippen LogP contribution in [0.1, 0.15) is 23.0 Å². The Morgan fingerprint density at radius 2 is 2.14 bits per heavy atom. The minimum atomic E-state index is -0.913. The van der Waals surface area contributed by atoms with Crippen LogP contribution in [0.5, 0.6) is 0 Å². The normalized spacial score (nSPS) is 23.2. The molecule has 0 aliphatic carbocycles. The summed E-state index contributed by atoms with van der Waals surface area (Å²) >= 11 is 0. The largest absolute Gasteiger partial charge is 0.465 e. The Morgan fingerprint density at radius 1 is 1.32 bits per heavy atom. The van der Waals surface area contributed by atoms with Gasteiger partial charge in [0.1, 0.15) is 0 Å². The first-order valence-electron chi connectivity index (χ1n) is 7.28. The minimum absolute atomic E-state index is 0.0723. The fourth-order valence-electron chi connectivity index (χ4n) is 3.19. The van der Waals surface area contributed by atoms with E-state index in [1.54, 1.807) is 0 Å². The Morgan fingerprint density at radius 3 is 2.91 bits per heavy atom. The standard InChI is InChI=1S/C15H16N4O3/c20-15(21)18-7-12-14(8-18)22-9-13-11(16-17-19(12)13)6-10-4-2-1-3-5-10/h1-5,12,14H,6-9H2,(H,20,21)/t12-,14-/m1/s1. The number of rotatable bonds is 2. The van der Waals surface area contributed by atoms with Crippen LogP contribution in [0, 0.1) is 0 Å². The number of benzene rings is 1. The predicted molar refractivity (Wildman–Crippen MR) is 76.5 cm³/mol. The minimum Gasteiger partial charge on any atom is -0.465 e. The second kappa shape index (κ2) is 5.10. The fourth-order valence-corrected chi connectivity index (χ4v) is 3.19. The number of fused-ring (bicyclic) bond motifs is 3. The zero-order valence-electron chi connectivity index (χ0n) is 11.9. The first-order chi connectivity index (χ1) is 10.7. The van der Waals surface area contributed by atoms with Crippen molar-refractivity contribution >= 4 is 6.09 Å². The molecule has 3 heterocycles. The van der Waals surface area contributed by atoms with Crippen LogP contribution in [-0.4, -0.2) is 50.3 Å². The number of aromatic nitrogens is 3. The van der Waals surface area contributed by atoms with E-state index in [1.807, 2.05) is 22.9 Å². The Kier molecular flexibility index (Phi) is 3.07. The van der Waals surface area contributed by atoms with Crippen molar-refractivity contribution in [2.75, 3.05) is 13.1 Å². The maximum absolute atomic E-state index is 11.1. The fraction of sp³-hybridized carbons (Fsp3) is 0.400. The first kappa shape index (κ1) is 13.3. The van der Waals surface area contributed by atoms with E-state index in [0.717, 1.165) is 11.4 Å². The molecule has 0 saturated carbocycles. The van der Waals surface area contributed by atoms with E-state index in [2.05, 4.69) is 22.4 Å². The molecule has 1 amide bonds. The monoisotopic (exact) mass is 300 g/mol. The van der Waals surface area contributed by atoms with Crippen molar-refractivity contribution in [3.63, 3.8) is 0 Å². The topological polar surface area (TPSA) is 80.5 Å². The molecule has 0 unspecified atom stereocenters. The molecule has 114 valence electrons. The lowest BCUT2D eigenvalue weighted by Gasteiger charge is -2.26. The summed E-state index contributed by atoms with van der Waals surface area (Å²) in [6, 6.07) is 10.0. The van der Waals surface area contributed by atoms with Crippen LogP contribution in [-0.2, 0) is 17.8 Å². The van der Waals surface area contributed by atoms with Gasteiger partial charge in [0.25, 0.3) is 0 Å². The number of likely N-dealkylation sites (tertiary alicyclic amines) is 1. The molecule has 7 heteroatoms. The second-order valence-electron chi connectivity index (χ2n) is 5.69. The van der Waals surface area contributed by atoms with Gasteiger partial charge < -0.3 is 14.7 Å². The summed E-state index contributed by atoms with van der Waals surface area (Å²) in [6.45, 7) is 1.23. The van der Waals surface area contributed by atoms with Crippen LogP contribution >= 0.6 is 0 Å². The molecule has 1 fully saturated rings. The molecule has 1 N–H and O–H groups in total. The van der Waals surface area contributed by atoms with Crippen molar-refractivity contribution < 1.29 is 14.6 Å². The van der Waals surface area contributed by atoms with E-state index >= 15 is 0 Å². The highest BCUT2D eigenvalue weighted by molar-refractivity contribution is 5.65. The number of nitrogens with zero attached hydrogens (tertiary/aromatic N) is 4. The zero-order valence-corrected chi connectivity index (χ0v) is 11.9. The number of ether oxygens (including phenoxy) is 1. The molecular weight excluding hydrogens is 284 g/mol. The molecule has 2 aliphatic heterocycles. The van der Waals surface area contributed by atoms with Gasteiger partial charge >= 0.3 is 6.09 Å². The molecule has 1 aromatic carbocycles. The second-order valence-corrected chi connectivity index (χ2v) is 5.69. The van der Waals surface area contributed by atoms with E-state index in [1.165, 1.54) is 10.5 Å². The predicted octanol–water partition coefficient (Wildman–Crippen LogP) is 1.30. The molecule has 4 rings (SSSR count). The number of hydrogen-bond acceptors (Lipinski definition) is 4. The van der Waals surface area contributed by atoms with Gasteiger partial charge in [0.2, 0.25) is 0 Å². The number of hydrogen-bond donors (Lipinski definition) is 1. The number of amides is 1. The van der Waals surface area contributed by atoms with Crippen LogP contribution in [0.15, 0.2) is 30.3 Å². The Hall–Kier alpha value is -2.41. The van der Waals surface area contributed by atoms with E-state index in [9.17, 15) is 4.79 Å². The van der Waals surface area contributed by atoms with Gasteiger partial charge in [-0.25, -0.2) is 9.48 Å². The average molecular weight is 300 g/mol. The third-order valence-corrected chi connectivity index (χ3v) is 4.34. The van der Waals surface area contributed by atoms with Crippen molar-refractivity contribution in [3.8, 4) is 0 Å². The molecule has 1 saturated heterocycles. The summed E-state index contributed by atoms with van der Waals surface area (Å²) in [5.41, 5.74) is 3.03. The zero-order chi connectivity index (χ0) is 15.1. The Labute approximate surface area is 127 Å². The first-order valence-corrected chi connectivity index (χ1v) is 7.28. The van der Waals surface area contributed by atoms with Gasteiger partial charge in [-0.15, -0.1) is 5.10 Å². The quantitative estimate of drug-likeness (QED) is 0.904. The number of carboxylic acid groups (broad SMARTS) is 1. The summed E-state index contributed by atoms with van der Waals surface area (Å²) in [6.07, 6.45) is -0.335. The lowest BCUT2D eigenvalue weighted by molar-refractivity contribution is -0.00519. The lowest BCUT2D eigenvalue weighted by Crippen LogP contribution is -2.32. The molecule has 2 atom stereocenters. The van der Waals surface area contributed by atoms with Gasteiger partial charge in [-0.2, -0.15) is 0 Å². The molecule has 1 aromatic heterocycles. The highest BCUT2D eigenvalue weighted by Crippen LogP contribution is 2.31. The van der Waals surface area contributed by atoms with E-state index in [-0.39, 0.29) is 12.1 Å². The summed E-state index contributed by atoms with van der Waals surface area (Å²) in [5.74, 6) is 0. The Bertz CT molecular complexity index is 700. The van der Waals surface area contributed by atoms with Crippen LogP contribution in [0.2, 0.25) is 0 Å². The van der Waals surface area contributed by atoms with Crippen molar-refractivity contribution in [2.45, 2.75) is 25.2 Å². The van der Waals surface area contributed by atoms with Gasteiger partial charge in [0, 0.05) is 13.0 Å². The molecule has 22 heavy (non-hydrogen) atoms. The van der Waals surface area contributed by atoms with Crippen LogP contribution < -0.4 is 0 Å². The lowest BCUT2D eigenvalue weighted by atomic mass is 10.1. The van der Waals surface area contributed by atoms with Gasteiger partial charge in [0.15, 0.2) is 0 Å². The van der Waals surface area contributed by atoms with E-state index < -0.39 is 6.09 Å². The van der Waals surface area contributed by atoms with Gasteiger partial charge in [-0.1, -0.05) is 35.5 Å². The SMILES string of the molecule is O=C(O)N1C[C@@H]2[C@@H](C1)OCc1c(Cc3ccccc3)nnn12. The molecule has 0 spiro atoms. The van der Waals surface area contributed by atoms with Crippen molar-refractivity contribution in [1.82, 2.24) is 19.9 Å². The van der Waals surface area contributed by atoms with E-state index in [0.29, 0.717) is 26.1 Å². The van der Waals surface area contributed by atoms with Gasteiger partial charge in [-0.3, -0.25) is 0 Å².